The fraction of sp³-hybridized carbons (Fsp3) is 0.625. The first-order chi connectivity index (χ1) is 9.28. The molecule has 0 radical (unpaired) electrons. The van der Waals surface area contributed by atoms with Crippen LogP contribution in [0.1, 0.15) is 37.7 Å². The minimum absolute atomic E-state index is 0.830. The lowest BCUT2D eigenvalue weighted by Crippen LogP contribution is -2.41. The first-order valence-corrected chi connectivity index (χ1v) is 8.87. The van der Waals surface area contributed by atoms with Crippen LogP contribution in [0.4, 0.5) is 5.69 Å². The molecule has 1 heterocycles. The maximum atomic E-state index is 6.33. The van der Waals surface area contributed by atoms with E-state index < -0.39 is 0 Å². The highest BCUT2D eigenvalue weighted by atomic mass is 79.9. The maximum Gasteiger partial charge on any atom is 0.0467 e. The third-order valence-electron chi connectivity index (χ3n) is 4.84. The summed E-state index contributed by atoms with van der Waals surface area (Å²) in [7, 11) is 0. The minimum Gasteiger partial charge on any atom is -0.371 e. The Labute approximate surface area is 129 Å². The summed E-state index contributed by atoms with van der Waals surface area (Å²) in [5.74, 6) is 1.90. The van der Waals surface area contributed by atoms with Gasteiger partial charge >= 0.3 is 0 Å². The van der Waals surface area contributed by atoms with E-state index in [4.69, 9.17) is 11.6 Å². The van der Waals surface area contributed by atoms with Gasteiger partial charge in [-0.2, -0.15) is 0 Å². The second-order valence-corrected chi connectivity index (χ2v) is 6.92. The smallest absolute Gasteiger partial charge is 0.0467 e. The number of nitrogens with zero attached hydrogens (tertiary/aromatic N) is 1. The fourth-order valence-electron chi connectivity index (χ4n) is 3.68. The molecule has 3 rings (SSSR count). The third kappa shape index (κ3) is 2.95. The van der Waals surface area contributed by atoms with Gasteiger partial charge in [-0.1, -0.05) is 52.9 Å². The zero-order chi connectivity index (χ0) is 13.2. The Balaban J connectivity index is 1.74. The lowest BCUT2D eigenvalue weighted by atomic mass is 9.75. The molecular formula is C16H21BrClN. The van der Waals surface area contributed by atoms with Crippen LogP contribution < -0.4 is 4.90 Å². The van der Waals surface area contributed by atoms with Gasteiger partial charge in [0.1, 0.15) is 0 Å². The molecule has 2 unspecified atom stereocenters. The average Bonchev–Trinajstić information content (AvgIpc) is 2.46. The predicted octanol–water partition coefficient (Wildman–Crippen LogP) is 5.25. The summed E-state index contributed by atoms with van der Waals surface area (Å²) in [6.07, 6.45) is 7.13. The van der Waals surface area contributed by atoms with Crippen molar-refractivity contribution >= 4 is 33.2 Å². The van der Waals surface area contributed by atoms with Crippen LogP contribution in [0.5, 0.6) is 0 Å². The van der Waals surface area contributed by atoms with E-state index in [1.165, 1.54) is 56.4 Å². The molecule has 2 fully saturated rings. The molecule has 19 heavy (non-hydrogen) atoms. The third-order valence-corrected chi connectivity index (χ3v) is 5.79. The highest BCUT2D eigenvalue weighted by molar-refractivity contribution is 9.08. The van der Waals surface area contributed by atoms with Crippen molar-refractivity contribution in [1.29, 1.82) is 0 Å². The predicted molar refractivity (Wildman–Crippen MR) is 86.4 cm³/mol. The van der Waals surface area contributed by atoms with E-state index >= 15 is 0 Å². The quantitative estimate of drug-likeness (QED) is 0.663. The molecule has 1 aliphatic heterocycles. The molecule has 1 saturated carbocycles. The van der Waals surface area contributed by atoms with Crippen molar-refractivity contribution in [3.05, 3.63) is 28.8 Å². The number of fused-ring (bicyclic) bond motifs is 1. The lowest BCUT2D eigenvalue weighted by Gasteiger charge is -2.42. The molecule has 0 N–H and O–H groups in total. The summed E-state index contributed by atoms with van der Waals surface area (Å²) >= 11 is 9.81. The number of halogens is 2. The van der Waals surface area contributed by atoms with E-state index in [1.54, 1.807) is 0 Å². The zero-order valence-electron chi connectivity index (χ0n) is 11.2. The SMILES string of the molecule is Clc1cc(N2CCC3CCCCC3C2)ccc1CBr. The van der Waals surface area contributed by atoms with Gasteiger partial charge in [0.25, 0.3) is 0 Å². The summed E-state index contributed by atoms with van der Waals surface area (Å²) in [4.78, 5) is 2.54. The van der Waals surface area contributed by atoms with E-state index in [1.807, 2.05) is 0 Å². The van der Waals surface area contributed by atoms with Crippen LogP contribution in [0.15, 0.2) is 18.2 Å². The van der Waals surface area contributed by atoms with Gasteiger partial charge in [0.05, 0.1) is 0 Å². The minimum atomic E-state index is 0.830. The van der Waals surface area contributed by atoms with Crippen LogP contribution in [0.3, 0.4) is 0 Å². The van der Waals surface area contributed by atoms with Crippen molar-refractivity contribution in [2.24, 2.45) is 11.8 Å². The van der Waals surface area contributed by atoms with Crippen molar-refractivity contribution in [2.75, 3.05) is 18.0 Å². The fourth-order valence-corrected chi connectivity index (χ4v) is 4.57. The molecule has 0 bridgehead atoms. The summed E-state index contributed by atoms with van der Waals surface area (Å²) in [5, 5.41) is 1.72. The van der Waals surface area contributed by atoms with E-state index in [0.29, 0.717) is 0 Å². The summed E-state index contributed by atoms with van der Waals surface area (Å²) in [6.45, 7) is 2.43. The molecule has 3 heteroatoms. The Kier molecular flexibility index (Phi) is 4.38. The van der Waals surface area contributed by atoms with E-state index in [2.05, 4.69) is 39.0 Å². The monoisotopic (exact) mass is 341 g/mol. The Morgan fingerprint density at radius 2 is 1.95 bits per heavy atom. The van der Waals surface area contributed by atoms with Crippen molar-refractivity contribution in [3.8, 4) is 0 Å². The lowest BCUT2D eigenvalue weighted by molar-refractivity contribution is 0.202. The second-order valence-electron chi connectivity index (χ2n) is 5.95. The zero-order valence-corrected chi connectivity index (χ0v) is 13.6. The molecule has 1 aromatic rings. The number of hydrogen-bond donors (Lipinski definition) is 0. The van der Waals surface area contributed by atoms with Gasteiger partial charge in [-0.05, 0) is 42.4 Å². The largest absolute Gasteiger partial charge is 0.371 e. The molecular weight excluding hydrogens is 322 g/mol. The molecule has 0 amide bonds. The van der Waals surface area contributed by atoms with Crippen LogP contribution in [0.25, 0.3) is 0 Å². The Morgan fingerprint density at radius 3 is 2.68 bits per heavy atom. The molecule has 1 saturated heterocycles. The number of alkyl halides is 1. The van der Waals surface area contributed by atoms with Gasteiger partial charge in [-0.25, -0.2) is 0 Å². The summed E-state index contributed by atoms with van der Waals surface area (Å²) in [6, 6.07) is 6.52. The van der Waals surface area contributed by atoms with Gasteiger partial charge in [0, 0.05) is 29.1 Å². The van der Waals surface area contributed by atoms with E-state index in [-0.39, 0.29) is 0 Å². The Morgan fingerprint density at radius 1 is 1.16 bits per heavy atom. The summed E-state index contributed by atoms with van der Waals surface area (Å²) in [5.41, 5.74) is 2.48. The van der Waals surface area contributed by atoms with Crippen LogP contribution in [0.2, 0.25) is 5.02 Å². The molecule has 1 aliphatic carbocycles. The maximum absolute atomic E-state index is 6.33. The topological polar surface area (TPSA) is 3.24 Å². The molecule has 2 aliphatic rings. The standard InChI is InChI=1S/C16H21BrClN/c17-10-13-5-6-15(9-16(13)18)19-8-7-12-3-1-2-4-14(12)11-19/h5-6,9,12,14H,1-4,7-8,10-11H2. The number of piperidine rings is 1. The number of hydrogen-bond acceptors (Lipinski definition) is 1. The Hall–Kier alpha value is -0.210. The molecule has 2 atom stereocenters. The number of anilines is 1. The van der Waals surface area contributed by atoms with Gasteiger partial charge in [-0.15, -0.1) is 0 Å². The molecule has 1 nitrogen and oxygen atoms in total. The van der Waals surface area contributed by atoms with Crippen molar-refractivity contribution in [2.45, 2.75) is 37.4 Å². The highest BCUT2D eigenvalue weighted by Crippen LogP contribution is 2.38. The number of rotatable bonds is 2. The van der Waals surface area contributed by atoms with Gasteiger partial charge < -0.3 is 4.90 Å². The van der Waals surface area contributed by atoms with E-state index in [0.717, 1.165) is 22.2 Å². The molecule has 0 aromatic heterocycles. The normalized spacial score (nSPS) is 27.2. The van der Waals surface area contributed by atoms with Crippen molar-refractivity contribution in [3.63, 3.8) is 0 Å². The van der Waals surface area contributed by atoms with Crippen molar-refractivity contribution < 1.29 is 0 Å². The first kappa shape index (κ1) is 13.8. The first-order valence-electron chi connectivity index (χ1n) is 7.37. The molecule has 1 aromatic carbocycles. The highest BCUT2D eigenvalue weighted by Gasteiger charge is 2.31. The van der Waals surface area contributed by atoms with Gasteiger partial charge in [0.15, 0.2) is 0 Å². The molecule has 0 spiro atoms. The summed E-state index contributed by atoms with van der Waals surface area (Å²) < 4.78 is 0. The van der Waals surface area contributed by atoms with Gasteiger partial charge in [-0.3, -0.25) is 0 Å². The second kappa shape index (κ2) is 6.05. The van der Waals surface area contributed by atoms with Gasteiger partial charge in [0.2, 0.25) is 0 Å². The molecule has 104 valence electrons. The van der Waals surface area contributed by atoms with Crippen LogP contribution in [0, 0.1) is 11.8 Å². The Bertz CT molecular complexity index is 448. The van der Waals surface area contributed by atoms with Crippen molar-refractivity contribution in [1.82, 2.24) is 0 Å². The van der Waals surface area contributed by atoms with E-state index in [9.17, 15) is 0 Å². The van der Waals surface area contributed by atoms with Crippen LogP contribution in [-0.2, 0) is 5.33 Å². The van der Waals surface area contributed by atoms with Crippen LogP contribution >= 0.6 is 27.5 Å². The number of benzene rings is 1. The van der Waals surface area contributed by atoms with Crippen LogP contribution in [-0.4, -0.2) is 13.1 Å². The average molecular weight is 343 g/mol.